The van der Waals surface area contributed by atoms with Crippen molar-refractivity contribution in [2.45, 2.75) is 33.8 Å². The van der Waals surface area contributed by atoms with E-state index in [9.17, 15) is 9.59 Å². The summed E-state index contributed by atoms with van der Waals surface area (Å²) in [5, 5.41) is 2.85. The molecule has 0 aromatic heterocycles. The molecule has 1 amide bonds. The summed E-state index contributed by atoms with van der Waals surface area (Å²) in [5.74, 6) is 0.133. The lowest BCUT2D eigenvalue weighted by Gasteiger charge is -2.12. The number of aryl methyl sites for hydroxylation is 1. The van der Waals surface area contributed by atoms with E-state index in [4.69, 9.17) is 9.47 Å². The Hall–Kier alpha value is -2.82. The molecule has 0 aliphatic carbocycles. The third-order valence-corrected chi connectivity index (χ3v) is 3.47. The van der Waals surface area contributed by atoms with Crippen LogP contribution in [0.5, 0.6) is 5.75 Å². The highest BCUT2D eigenvalue weighted by molar-refractivity contribution is 6.05. The fourth-order valence-electron chi connectivity index (χ4n) is 2.30. The summed E-state index contributed by atoms with van der Waals surface area (Å²) in [6, 6.07) is 12.0. The molecular weight excluding hydrogens is 318 g/mol. The van der Waals surface area contributed by atoms with E-state index in [1.807, 2.05) is 20.8 Å². The number of carbonyl (C=O) groups excluding carboxylic acids is 2. The Morgan fingerprint density at radius 1 is 1.04 bits per heavy atom. The second-order valence-corrected chi connectivity index (χ2v) is 5.90. The van der Waals surface area contributed by atoms with E-state index in [1.165, 1.54) is 0 Å². The molecule has 2 aromatic carbocycles. The quantitative estimate of drug-likeness (QED) is 0.799. The molecule has 2 aromatic rings. The van der Waals surface area contributed by atoms with Gasteiger partial charge in [0.2, 0.25) is 0 Å². The number of ether oxygens (including phenoxy) is 2. The minimum atomic E-state index is -0.371. The smallest absolute Gasteiger partial charge is 0.338 e. The normalized spacial score (nSPS) is 10.4. The van der Waals surface area contributed by atoms with Crippen LogP contribution < -0.4 is 10.1 Å². The van der Waals surface area contributed by atoms with Crippen LogP contribution in [0.1, 0.15) is 47.1 Å². The Bertz CT molecular complexity index is 751. The van der Waals surface area contributed by atoms with E-state index < -0.39 is 0 Å². The van der Waals surface area contributed by atoms with Crippen LogP contribution in [-0.4, -0.2) is 24.6 Å². The number of esters is 1. The predicted molar refractivity (Wildman–Crippen MR) is 97.3 cm³/mol. The zero-order valence-corrected chi connectivity index (χ0v) is 15.0. The highest BCUT2D eigenvalue weighted by Crippen LogP contribution is 2.19. The molecule has 0 bridgehead atoms. The minimum Gasteiger partial charge on any atom is -0.491 e. The van der Waals surface area contributed by atoms with Gasteiger partial charge >= 0.3 is 5.97 Å². The average molecular weight is 341 g/mol. The minimum absolute atomic E-state index is 0.0836. The Labute approximate surface area is 148 Å². The molecule has 5 heteroatoms. The second-order valence-electron chi connectivity index (χ2n) is 5.90. The molecule has 0 radical (unpaired) electrons. The van der Waals surface area contributed by atoms with Crippen LogP contribution in [0.15, 0.2) is 42.5 Å². The van der Waals surface area contributed by atoms with Gasteiger partial charge in [0.25, 0.3) is 5.91 Å². The van der Waals surface area contributed by atoms with Gasteiger partial charge in [-0.3, -0.25) is 4.79 Å². The predicted octanol–water partition coefficient (Wildman–Crippen LogP) is 4.21. The summed E-state index contributed by atoms with van der Waals surface area (Å²) in [5.41, 5.74) is 2.44. The highest BCUT2D eigenvalue weighted by atomic mass is 16.5. The zero-order valence-electron chi connectivity index (χ0n) is 15.0. The number of amides is 1. The number of carbonyl (C=O) groups is 2. The maximum atomic E-state index is 12.4. The Kier molecular flexibility index (Phi) is 6.17. The number of benzene rings is 2. The number of rotatable bonds is 6. The van der Waals surface area contributed by atoms with Crippen LogP contribution >= 0.6 is 0 Å². The average Bonchev–Trinajstić information content (AvgIpc) is 2.57. The molecule has 0 aliphatic heterocycles. The van der Waals surface area contributed by atoms with Crippen LogP contribution in [0.2, 0.25) is 0 Å². The topological polar surface area (TPSA) is 64.6 Å². The van der Waals surface area contributed by atoms with E-state index in [2.05, 4.69) is 5.32 Å². The first-order valence-corrected chi connectivity index (χ1v) is 8.26. The summed E-state index contributed by atoms with van der Waals surface area (Å²) in [7, 11) is 0. The van der Waals surface area contributed by atoms with Gasteiger partial charge < -0.3 is 14.8 Å². The van der Waals surface area contributed by atoms with Crippen LogP contribution in [0, 0.1) is 6.92 Å². The third-order valence-electron chi connectivity index (χ3n) is 3.47. The molecule has 0 heterocycles. The fourth-order valence-corrected chi connectivity index (χ4v) is 2.30. The van der Waals surface area contributed by atoms with Crippen molar-refractivity contribution in [1.29, 1.82) is 0 Å². The maximum Gasteiger partial charge on any atom is 0.338 e. The van der Waals surface area contributed by atoms with Gasteiger partial charge in [0.15, 0.2) is 0 Å². The lowest BCUT2D eigenvalue weighted by molar-refractivity contribution is 0.0526. The molecule has 5 nitrogen and oxygen atoms in total. The van der Waals surface area contributed by atoms with Crippen LogP contribution in [0.3, 0.4) is 0 Å². The molecule has 0 saturated carbocycles. The summed E-state index contributed by atoms with van der Waals surface area (Å²) in [6.07, 6.45) is 0.0836. The molecular formula is C20H23NO4. The van der Waals surface area contributed by atoms with E-state index in [1.54, 1.807) is 49.4 Å². The molecule has 1 N–H and O–H groups in total. The maximum absolute atomic E-state index is 12.4. The lowest BCUT2D eigenvalue weighted by atomic mass is 10.1. The SMILES string of the molecule is CCOC(=O)c1ccc(NC(=O)c2ccc(OC(C)C)cc2)c(C)c1. The monoisotopic (exact) mass is 341 g/mol. The van der Waals surface area contributed by atoms with E-state index in [0.717, 1.165) is 11.3 Å². The molecule has 0 aliphatic rings. The van der Waals surface area contributed by atoms with Gasteiger partial charge in [0.05, 0.1) is 18.3 Å². The molecule has 0 atom stereocenters. The van der Waals surface area contributed by atoms with Gasteiger partial charge in [0.1, 0.15) is 5.75 Å². The zero-order chi connectivity index (χ0) is 18.4. The first-order chi connectivity index (χ1) is 11.9. The Morgan fingerprint density at radius 2 is 1.68 bits per heavy atom. The van der Waals surface area contributed by atoms with Crippen molar-refractivity contribution in [2.75, 3.05) is 11.9 Å². The summed E-state index contributed by atoms with van der Waals surface area (Å²) < 4.78 is 10.5. The van der Waals surface area contributed by atoms with Gasteiger partial charge in [-0.2, -0.15) is 0 Å². The number of anilines is 1. The molecule has 0 saturated heterocycles. The lowest BCUT2D eigenvalue weighted by Crippen LogP contribution is -2.13. The van der Waals surface area contributed by atoms with Gasteiger partial charge in [0, 0.05) is 11.3 Å². The summed E-state index contributed by atoms with van der Waals surface area (Å²) >= 11 is 0. The largest absolute Gasteiger partial charge is 0.491 e. The Balaban J connectivity index is 2.08. The van der Waals surface area contributed by atoms with Crippen molar-refractivity contribution in [1.82, 2.24) is 0 Å². The summed E-state index contributed by atoms with van der Waals surface area (Å²) in [4.78, 5) is 24.1. The number of hydrogen-bond acceptors (Lipinski definition) is 4. The Morgan fingerprint density at radius 3 is 2.24 bits per heavy atom. The fraction of sp³-hybridized carbons (Fsp3) is 0.300. The number of hydrogen-bond donors (Lipinski definition) is 1. The van der Waals surface area contributed by atoms with Crippen molar-refractivity contribution in [2.24, 2.45) is 0 Å². The first-order valence-electron chi connectivity index (χ1n) is 8.26. The molecule has 0 fully saturated rings. The van der Waals surface area contributed by atoms with Crippen molar-refractivity contribution >= 4 is 17.6 Å². The van der Waals surface area contributed by atoms with Crippen molar-refractivity contribution in [3.05, 3.63) is 59.2 Å². The van der Waals surface area contributed by atoms with Gasteiger partial charge in [-0.1, -0.05) is 0 Å². The van der Waals surface area contributed by atoms with Gasteiger partial charge in [-0.15, -0.1) is 0 Å². The van der Waals surface area contributed by atoms with Crippen LogP contribution in [0.25, 0.3) is 0 Å². The highest BCUT2D eigenvalue weighted by Gasteiger charge is 2.11. The molecule has 0 spiro atoms. The van der Waals surface area contributed by atoms with Gasteiger partial charge in [-0.25, -0.2) is 4.79 Å². The van der Waals surface area contributed by atoms with Gasteiger partial charge in [-0.05, 0) is 75.7 Å². The number of nitrogens with one attached hydrogen (secondary N) is 1. The van der Waals surface area contributed by atoms with Crippen LogP contribution in [-0.2, 0) is 4.74 Å². The first kappa shape index (κ1) is 18.5. The van der Waals surface area contributed by atoms with Crippen molar-refractivity contribution in [3.8, 4) is 5.75 Å². The van der Waals surface area contributed by atoms with Crippen molar-refractivity contribution in [3.63, 3.8) is 0 Å². The second kappa shape index (κ2) is 8.33. The molecule has 0 unspecified atom stereocenters. The molecule has 2 rings (SSSR count). The standard InChI is InChI=1S/C20H23NO4/c1-5-24-20(23)16-8-11-18(14(4)12-16)21-19(22)15-6-9-17(10-7-15)25-13(2)3/h6-13H,5H2,1-4H3,(H,21,22). The molecule has 25 heavy (non-hydrogen) atoms. The summed E-state index contributed by atoms with van der Waals surface area (Å²) in [6.45, 7) is 7.81. The van der Waals surface area contributed by atoms with E-state index >= 15 is 0 Å². The molecule has 132 valence electrons. The van der Waals surface area contributed by atoms with Crippen molar-refractivity contribution < 1.29 is 19.1 Å². The van der Waals surface area contributed by atoms with E-state index in [-0.39, 0.29) is 18.0 Å². The van der Waals surface area contributed by atoms with Crippen LogP contribution in [0.4, 0.5) is 5.69 Å². The third kappa shape index (κ3) is 5.08. The van der Waals surface area contributed by atoms with E-state index in [0.29, 0.717) is 23.4 Å².